The third kappa shape index (κ3) is 3.02. The molecule has 1 amide bonds. The highest BCUT2D eigenvalue weighted by Crippen LogP contribution is 2.38. The summed E-state index contributed by atoms with van der Waals surface area (Å²) in [6, 6.07) is 12.4. The van der Waals surface area contributed by atoms with Gasteiger partial charge in [0, 0.05) is 18.5 Å². The van der Waals surface area contributed by atoms with Gasteiger partial charge in [0.05, 0.1) is 12.8 Å². The molecule has 1 atom stereocenters. The van der Waals surface area contributed by atoms with Gasteiger partial charge in [0.2, 0.25) is 0 Å². The monoisotopic (exact) mass is 327 g/mol. The van der Waals surface area contributed by atoms with E-state index in [4.69, 9.17) is 9.47 Å². The van der Waals surface area contributed by atoms with E-state index in [-0.39, 0.29) is 17.7 Å². The molecule has 0 spiro atoms. The molecule has 3 rings (SSSR count). The molecular weight excluding hydrogens is 306 g/mol. The van der Waals surface area contributed by atoms with Crippen molar-refractivity contribution in [3.8, 4) is 17.2 Å². The van der Waals surface area contributed by atoms with Crippen LogP contribution in [0, 0.1) is 0 Å². The molecule has 0 radical (unpaired) electrons. The van der Waals surface area contributed by atoms with Crippen molar-refractivity contribution in [1.29, 1.82) is 0 Å². The molecule has 0 aliphatic carbocycles. The first-order chi connectivity index (χ1) is 11.5. The van der Waals surface area contributed by atoms with Crippen molar-refractivity contribution in [2.75, 3.05) is 12.0 Å². The summed E-state index contributed by atoms with van der Waals surface area (Å²) >= 11 is 0. The minimum atomic E-state index is -0.585. The maximum Gasteiger partial charge on any atom is 0.268 e. The number of phenolic OH excluding ortho intramolecular Hbond substituents is 1. The largest absolute Gasteiger partial charge is 0.508 e. The molecule has 2 aromatic rings. The van der Waals surface area contributed by atoms with E-state index in [1.54, 1.807) is 30.2 Å². The van der Waals surface area contributed by atoms with Gasteiger partial charge in [0.15, 0.2) is 6.10 Å². The Hall–Kier alpha value is -2.69. The summed E-state index contributed by atoms with van der Waals surface area (Å²) in [7, 11) is 1.62. The van der Waals surface area contributed by atoms with Crippen molar-refractivity contribution >= 4 is 11.6 Å². The lowest BCUT2D eigenvalue weighted by molar-refractivity contribution is -0.126. The second-order valence-corrected chi connectivity index (χ2v) is 6.11. The van der Waals surface area contributed by atoms with Crippen LogP contribution >= 0.6 is 0 Å². The molecule has 0 bridgehead atoms. The minimum absolute atomic E-state index is 0.0275. The fourth-order valence-corrected chi connectivity index (χ4v) is 2.91. The van der Waals surface area contributed by atoms with Gasteiger partial charge in [-0.1, -0.05) is 12.1 Å². The molecule has 1 heterocycles. The number of fused-ring (bicyclic) bond motifs is 1. The number of nitrogens with zero attached hydrogens (tertiary/aromatic N) is 1. The predicted octanol–water partition coefficient (Wildman–Crippen LogP) is 3.15. The van der Waals surface area contributed by atoms with Crippen LogP contribution in [0.1, 0.15) is 19.4 Å². The van der Waals surface area contributed by atoms with Crippen LogP contribution in [0.15, 0.2) is 42.5 Å². The van der Waals surface area contributed by atoms with Crippen LogP contribution in [-0.4, -0.2) is 30.3 Å². The molecule has 1 unspecified atom stereocenters. The van der Waals surface area contributed by atoms with Crippen LogP contribution in [0.25, 0.3) is 0 Å². The summed E-state index contributed by atoms with van der Waals surface area (Å²) in [4.78, 5) is 14.6. The van der Waals surface area contributed by atoms with Gasteiger partial charge in [0.25, 0.3) is 5.91 Å². The molecule has 1 N–H and O–H groups in total. The summed E-state index contributed by atoms with van der Waals surface area (Å²) in [6.45, 7) is 3.89. The molecule has 5 nitrogen and oxygen atoms in total. The average Bonchev–Trinajstić information content (AvgIpc) is 2.56. The maximum absolute atomic E-state index is 12.9. The number of ether oxygens (including phenoxy) is 2. The third-order valence-corrected chi connectivity index (χ3v) is 4.08. The van der Waals surface area contributed by atoms with Gasteiger partial charge >= 0.3 is 0 Å². The van der Waals surface area contributed by atoms with Crippen LogP contribution in [0.4, 0.5) is 5.69 Å². The zero-order chi connectivity index (χ0) is 17.3. The molecule has 0 fully saturated rings. The van der Waals surface area contributed by atoms with Gasteiger partial charge < -0.3 is 19.5 Å². The van der Waals surface area contributed by atoms with E-state index in [0.29, 0.717) is 17.9 Å². The van der Waals surface area contributed by atoms with Crippen molar-refractivity contribution in [3.05, 3.63) is 48.0 Å². The Bertz CT molecular complexity index is 740. The Morgan fingerprint density at radius 3 is 2.54 bits per heavy atom. The Balaban J connectivity index is 1.89. The Morgan fingerprint density at radius 1 is 1.21 bits per heavy atom. The Labute approximate surface area is 141 Å². The molecule has 2 aromatic carbocycles. The number of phenols is 1. The Kier molecular flexibility index (Phi) is 4.34. The third-order valence-electron chi connectivity index (χ3n) is 4.08. The molecular formula is C19H21NO4. The molecule has 0 aromatic heterocycles. The number of anilines is 1. The number of methoxy groups -OCH3 is 1. The molecule has 1 aliphatic heterocycles. The van der Waals surface area contributed by atoms with E-state index in [0.717, 1.165) is 11.3 Å². The molecule has 1 aliphatic rings. The number of amides is 1. The van der Waals surface area contributed by atoms with E-state index in [1.165, 1.54) is 0 Å². The Morgan fingerprint density at radius 2 is 1.92 bits per heavy atom. The normalized spacial score (nSPS) is 16.8. The number of carbonyl (C=O) groups excluding carboxylic acids is 1. The topological polar surface area (TPSA) is 59.0 Å². The SMILES string of the molecule is COc1ccc(CC2Oc3ccc(O)cc3N(C(C)C)C2=O)cc1. The number of rotatable bonds is 4. The van der Waals surface area contributed by atoms with Crippen molar-refractivity contribution in [3.63, 3.8) is 0 Å². The second kappa shape index (κ2) is 6.43. The second-order valence-electron chi connectivity index (χ2n) is 6.11. The summed E-state index contributed by atoms with van der Waals surface area (Å²) in [5.74, 6) is 1.40. The average molecular weight is 327 g/mol. The lowest BCUT2D eigenvalue weighted by Crippen LogP contribution is -2.49. The first-order valence-corrected chi connectivity index (χ1v) is 7.95. The van der Waals surface area contributed by atoms with Crippen molar-refractivity contribution < 1.29 is 19.4 Å². The van der Waals surface area contributed by atoms with E-state index in [1.807, 2.05) is 38.1 Å². The maximum atomic E-state index is 12.9. The lowest BCUT2D eigenvalue weighted by Gasteiger charge is -2.37. The molecule has 126 valence electrons. The zero-order valence-electron chi connectivity index (χ0n) is 14.0. The minimum Gasteiger partial charge on any atom is -0.508 e. The standard InChI is InChI=1S/C19H21NO4/c1-12(2)20-16-11-14(21)6-9-17(16)24-18(19(20)22)10-13-4-7-15(23-3)8-5-13/h4-9,11-12,18,21H,10H2,1-3H3. The molecule has 24 heavy (non-hydrogen) atoms. The number of hydrogen-bond donors (Lipinski definition) is 1. The summed E-state index contributed by atoms with van der Waals surface area (Å²) in [6.07, 6.45) is -0.107. The van der Waals surface area contributed by atoms with E-state index >= 15 is 0 Å². The van der Waals surface area contributed by atoms with Gasteiger partial charge in [-0.25, -0.2) is 0 Å². The predicted molar refractivity (Wildman–Crippen MR) is 91.8 cm³/mol. The molecule has 5 heteroatoms. The first-order valence-electron chi connectivity index (χ1n) is 7.95. The fraction of sp³-hybridized carbons (Fsp3) is 0.316. The van der Waals surface area contributed by atoms with Crippen molar-refractivity contribution in [1.82, 2.24) is 0 Å². The van der Waals surface area contributed by atoms with Crippen LogP contribution in [0.5, 0.6) is 17.2 Å². The number of carbonyl (C=O) groups is 1. The molecule has 0 saturated carbocycles. The van der Waals surface area contributed by atoms with E-state index in [2.05, 4.69) is 0 Å². The van der Waals surface area contributed by atoms with Gasteiger partial charge in [-0.3, -0.25) is 4.79 Å². The van der Waals surface area contributed by atoms with Crippen LogP contribution < -0.4 is 14.4 Å². The smallest absolute Gasteiger partial charge is 0.268 e. The fourth-order valence-electron chi connectivity index (χ4n) is 2.91. The quantitative estimate of drug-likeness (QED) is 0.937. The van der Waals surface area contributed by atoms with E-state index < -0.39 is 6.10 Å². The highest BCUT2D eigenvalue weighted by Gasteiger charge is 2.36. The number of hydrogen-bond acceptors (Lipinski definition) is 4. The van der Waals surface area contributed by atoms with Crippen molar-refractivity contribution in [2.24, 2.45) is 0 Å². The molecule has 0 saturated heterocycles. The van der Waals surface area contributed by atoms with Gasteiger partial charge in [-0.15, -0.1) is 0 Å². The summed E-state index contributed by atoms with van der Waals surface area (Å²) in [5.41, 5.74) is 1.61. The zero-order valence-corrected chi connectivity index (χ0v) is 14.0. The summed E-state index contributed by atoms with van der Waals surface area (Å²) in [5, 5.41) is 9.72. The van der Waals surface area contributed by atoms with Crippen LogP contribution in [0.2, 0.25) is 0 Å². The van der Waals surface area contributed by atoms with Gasteiger partial charge in [-0.05, 0) is 43.7 Å². The van der Waals surface area contributed by atoms with Crippen LogP contribution in [-0.2, 0) is 11.2 Å². The highest BCUT2D eigenvalue weighted by molar-refractivity contribution is 6.00. The van der Waals surface area contributed by atoms with E-state index in [9.17, 15) is 9.90 Å². The summed E-state index contributed by atoms with van der Waals surface area (Å²) < 4.78 is 11.1. The number of aromatic hydroxyl groups is 1. The first kappa shape index (κ1) is 16.2. The van der Waals surface area contributed by atoms with Gasteiger partial charge in [-0.2, -0.15) is 0 Å². The highest BCUT2D eigenvalue weighted by atomic mass is 16.5. The lowest BCUT2D eigenvalue weighted by atomic mass is 10.0. The van der Waals surface area contributed by atoms with Crippen LogP contribution in [0.3, 0.4) is 0 Å². The van der Waals surface area contributed by atoms with Crippen molar-refractivity contribution in [2.45, 2.75) is 32.4 Å². The number of benzene rings is 2. The van der Waals surface area contributed by atoms with Gasteiger partial charge in [0.1, 0.15) is 17.2 Å².